The maximum atomic E-state index is 11.9. The molecule has 0 aliphatic carbocycles. The maximum Gasteiger partial charge on any atom is 0.258 e. The average molecular weight is 244 g/mol. The largest absolute Gasteiger partial charge is 0.328 e. The quantitative estimate of drug-likeness (QED) is 0.646. The SMILES string of the molecule is O=c1[nH]cccc1-c1nc2c(c(=O)[nH]1)CCNC2. The van der Waals surface area contributed by atoms with E-state index in [1.165, 1.54) is 0 Å². The molecule has 2 aromatic heterocycles. The van der Waals surface area contributed by atoms with E-state index in [2.05, 4.69) is 20.3 Å². The summed E-state index contributed by atoms with van der Waals surface area (Å²) in [4.78, 5) is 33.2. The minimum absolute atomic E-state index is 0.153. The summed E-state index contributed by atoms with van der Waals surface area (Å²) in [5, 5.41) is 3.16. The molecule has 0 spiro atoms. The van der Waals surface area contributed by atoms with Crippen molar-refractivity contribution in [3.8, 4) is 11.4 Å². The number of nitrogens with one attached hydrogen (secondary N) is 3. The summed E-state index contributed by atoms with van der Waals surface area (Å²) in [6, 6.07) is 3.34. The molecule has 1 aliphatic rings. The Kier molecular flexibility index (Phi) is 2.56. The predicted octanol–water partition coefficient (Wildman–Crippen LogP) is -0.229. The number of aromatic nitrogens is 3. The summed E-state index contributed by atoms with van der Waals surface area (Å²) in [7, 11) is 0. The third kappa shape index (κ3) is 1.76. The zero-order valence-corrected chi connectivity index (χ0v) is 9.62. The fourth-order valence-electron chi connectivity index (χ4n) is 2.10. The van der Waals surface area contributed by atoms with Crippen LogP contribution in [0.5, 0.6) is 0 Å². The number of nitrogens with zero attached hydrogens (tertiary/aromatic N) is 1. The van der Waals surface area contributed by atoms with Gasteiger partial charge in [0, 0.05) is 18.3 Å². The Labute approximate surface area is 102 Å². The molecular weight excluding hydrogens is 232 g/mol. The molecule has 0 amide bonds. The van der Waals surface area contributed by atoms with Crippen LogP contribution >= 0.6 is 0 Å². The Hall–Kier alpha value is -2.21. The van der Waals surface area contributed by atoms with Gasteiger partial charge in [0.1, 0.15) is 5.82 Å². The molecule has 0 unspecified atom stereocenters. The van der Waals surface area contributed by atoms with Crippen LogP contribution in [0.3, 0.4) is 0 Å². The summed E-state index contributed by atoms with van der Waals surface area (Å²) in [6.07, 6.45) is 2.22. The van der Waals surface area contributed by atoms with Crippen molar-refractivity contribution in [2.75, 3.05) is 6.54 Å². The lowest BCUT2D eigenvalue weighted by atomic mass is 10.1. The van der Waals surface area contributed by atoms with Gasteiger partial charge in [-0.1, -0.05) is 0 Å². The Balaban J connectivity index is 2.20. The first-order chi connectivity index (χ1) is 8.75. The summed E-state index contributed by atoms with van der Waals surface area (Å²) < 4.78 is 0. The second-order valence-corrected chi connectivity index (χ2v) is 4.18. The second kappa shape index (κ2) is 4.23. The van der Waals surface area contributed by atoms with Crippen molar-refractivity contribution < 1.29 is 0 Å². The Bertz CT molecular complexity index is 702. The van der Waals surface area contributed by atoms with E-state index in [9.17, 15) is 9.59 Å². The molecule has 0 saturated heterocycles. The highest BCUT2D eigenvalue weighted by molar-refractivity contribution is 5.53. The lowest BCUT2D eigenvalue weighted by Gasteiger charge is -2.15. The number of pyridine rings is 1. The summed E-state index contributed by atoms with van der Waals surface area (Å²) in [5.74, 6) is 0.323. The van der Waals surface area contributed by atoms with Gasteiger partial charge in [-0.3, -0.25) is 9.59 Å². The van der Waals surface area contributed by atoms with Crippen molar-refractivity contribution in [1.82, 2.24) is 20.3 Å². The van der Waals surface area contributed by atoms with E-state index < -0.39 is 0 Å². The number of rotatable bonds is 1. The monoisotopic (exact) mass is 244 g/mol. The summed E-state index contributed by atoms with van der Waals surface area (Å²) in [5.41, 5.74) is 1.40. The van der Waals surface area contributed by atoms with Gasteiger partial charge in [0.15, 0.2) is 0 Å². The van der Waals surface area contributed by atoms with Gasteiger partial charge in [0.05, 0.1) is 11.3 Å². The highest BCUT2D eigenvalue weighted by Crippen LogP contribution is 2.12. The van der Waals surface area contributed by atoms with Gasteiger partial charge in [-0.2, -0.15) is 0 Å². The van der Waals surface area contributed by atoms with Crippen LogP contribution in [-0.2, 0) is 13.0 Å². The van der Waals surface area contributed by atoms with Gasteiger partial charge in [-0.15, -0.1) is 0 Å². The van der Waals surface area contributed by atoms with E-state index in [0.717, 1.165) is 12.2 Å². The van der Waals surface area contributed by atoms with Crippen LogP contribution in [0.25, 0.3) is 11.4 Å². The molecule has 3 heterocycles. The van der Waals surface area contributed by atoms with Crippen LogP contribution in [0.15, 0.2) is 27.9 Å². The van der Waals surface area contributed by atoms with Crippen LogP contribution in [0, 0.1) is 0 Å². The van der Waals surface area contributed by atoms with Crippen molar-refractivity contribution in [3.05, 3.63) is 50.3 Å². The lowest BCUT2D eigenvalue weighted by Crippen LogP contribution is -2.31. The Morgan fingerprint density at radius 2 is 2.11 bits per heavy atom. The normalized spacial score (nSPS) is 14.2. The standard InChI is InChI=1S/C12H12N4O2/c17-11-8(2-1-4-14-11)10-15-9-6-13-5-3-7(9)12(18)16-10/h1-2,4,13H,3,5-6H2,(H,14,17)(H,15,16,18). The minimum atomic E-state index is -0.260. The molecule has 18 heavy (non-hydrogen) atoms. The molecule has 1 aliphatic heterocycles. The van der Waals surface area contributed by atoms with E-state index in [1.807, 2.05) is 0 Å². The van der Waals surface area contributed by atoms with Crippen molar-refractivity contribution in [2.45, 2.75) is 13.0 Å². The van der Waals surface area contributed by atoms with Gasteiger partial charge in [0.25, 0.3) is 11.1 Å². The molecular formula is C12H12N4O2. The molecule has 3 N–H and O–H groups in total. The molecule has 92 valence electrons. The lowest BCUT2D eigenvalue weighted by molar-refractivity contribution is 0.619. The van der Waals surface area contributed by atoms with E-state index in [0.29, 0.717) is 29.9 Å². The van der Waals surface area contributed by atoms with Crippen molar-refractivity contribution in [3.63, 3.8) is 0 Å². The van der Waals surface area contributed by atoms with Crippen molar-refractivity contribution in [1.29, 1.82) is 0 Å². The molecule has 6 heteroatoms. The third-order valence-electron chi connectivity index (χ3n) is 3.02. The van der Waals surface area contributed by atoms with Gasteiger partial charge >= 0.3 is 0 Å². The molecule has 0 saturated carbocycles. The average Bonchev–Trinajstić information content (AvgIpc) is 2.39. The zero-order valence-electron chi connectivity index (χ0n) is 9.62. The predicted molar refractivity (Wildman–Crippen MR) is 66.3 cm³/mol. The number of fused-ring (bicyclic) bond motifs is 1. The third-order valence-corrected chi connectivity index (χ3v) is 3.02. The van der Waals surface area contributed by atoms with Gasteiger partial charge in [-0.05, 0) is 25.1 Å². The van der Waals surface area contributed by atoms with E-state index in [1.54, 1.807) is 18.3 Å². The minimum Gasteiger partial charge on any atom is -0.328 e. The molecule has 6 nitrogen and oxygen atoms in total. The summed E-state index contributed by atoms with van der Waals surface area (Å²) in [6.45, 7) is 1.35. The fourth-order valence-corrected chi connectivity index (χ4v) is 2.10. The molecule has 0 aromatic carbocycles. The highest BCUT2D eigenvalue weighted by atomic mass is 16.1. The molecule has 2 aromatic rings. The topological polar surface area (TPSA) is 90.6 Å². The van der Waals surface area contributed by atoms with Gasteiger partial charge in [0.2, 0.25) is 0 Å². The number of aromatic amines is 2. The first-order valence-electron chi connectivity index (χ1n) is 5.76. The van der Waals surface area contributed by atoms with Gasteiger partial charge in [-0.25, -0.2) is 4.98 Å². The number of hydrogen-bond acceptors (Lipinski definition) is 4. The van der Waals surface area contributed by atoms with Crippen LogP contribution in [0.4, 0.5) is 0 Å². The second-order valence-electron chi connectivity index (χ2n) is 4.18. The summed E-state index contributed by atoms with van der Waals surface area (Å²) >= 11 is 0. The van der Waals surface area contributed by atoms with Crippen LogP contribution in [0.2, 0.25) is 0 Å². The first-order valence-corrected chi connectivity index (χ1v) is 5.76. The first kappa shape index (κ1) is 10.9. The Morgan fingerprint density at radius 3 is 2.94 bits per heavy atom. The number of hydrogen-bond donors (Lipinski definition) is 3. The van der Waals surface area contributed by atoms with E-state index >= 15 is 0 Å². The fraction of sp³-hybridized carbons (Fsp3) is 0.250. The van der Waals surface area contributed by atoms with Crippen LogP contribution in [-0.4, -0.2) is 21.5 Å². The van der Waals surface area contributed by atoms with Crippen molar-refractivity contribution in [2.24, 2.45) is 0 Å². The molecule has 0 atom stereocenters. The van der Waals surface area contributed by atoms with E-state index in [-0.39, 0.29) is 11.1 Å². The maximum absolute atomic E-state index is 11.9. The smallest absolute Gasteiger partial charge is 0.258 e. The van der Waals surface area contributed by atoms with Crippen LogP contribution in [0.1, 0.15) is 11.3 Å². The molecule has 0 radical (unpaired) electrons. The Morgan fingerprint density at radius 1 is 1.22 bits per heavy atom. The molecule has 0 fully saturated rings. The van der Waals surface area contributed by atoms with Crippen LogP contribution < -0.4 is 16.4 Å². The number of H-pyrrole nitrogens is 2. The zero-order chi connectivity index (χ0) is 12.5. The van der Waals surface area contributed by atoms with Crippen molar-refractivity contribution >= 4 is 0 Å². The highest BCUT2D eigenvalue weighted by Gasteiger charge is 2.16. The van der Waals surface area contributed by atoms with Gasteiger partial charge < -0.3 is 15.3 Å². The van der Waals surface area contributed by atoms with E-state index in [4.69, 9.17) is 0 Å². The molecule has 0 bridgehead atoms. The molecule has 3 rings (SSSR count).